The molecule has 0 aliphatic heterocycles. The number of rotatable bonds is 7. The van der Waals surface area contributed by atoms with Crippen molar-refractivity contribution in [3.05, 3.63) is 42.5 Å². The molecule has 2 rings (SSSR count). The summed E-state index contributed by atoms with van der Waals surface area (Å²) in [6.45, 7) is 6.85. The van der Waals surface area contributed by atoms with Crippen LogP contribution >= 0.6 is 11.8 Å². The Labute approximate surface area is 164 Å². The molecule has 1 N–H and O–H groups in total. The SMILES string of the molecule is CC(C)[C@](C)(C#N)NC(=O)[C@@H](C)OC(=O)CSc1ccc2ccccc2c1. The Balaban J connectivity index is 1.88. The van der Waals surface area contributed by atoms with E-state index in [9.17, 15) is 14.9 Å². The molecule has 5 nitrogen and oxygen atoms in total. The summed E-state index contributed by atoms with van der Waals surface area (Å²) in [4.78, 5) is 25.3. The van der Waals surface area contributed by atoms with Gasteiger partial charge in [0.25, 0.3) is 5.91 Å². The number of nitrogens with zero attached hydrogens (tertiary/aromatic N) is 1. The van der Waals surface area contributed by atoms with Gasteiger partial charge in [0.2, 0.25) is 0 Å². The highest BCUT2D eigenvalue weighted by Gasteiger charge is 2.32. The molecule has 1 amide bonds. The molecule has 0 heterocycles. The average molecular weight is 385 g/mol. The van der Waals surface area contributed by atoms with Gasteiger partial charge in [0.1, 0.15) is 5.54 Å². The Bertz CT molecular complexity index is 875. The van der Waals surface area contributed by atoms with Crippen molar-refractivity contribution in [2.45, 2.75) is 44.2 Å². The second-order valence-electron chi connectivity index (χ2n) is 6.89. The van der Waals surface area contributed by atoms with E-state index >= 15 is 0 Å². The van der Waals surface area contributed by atoms with Crippen molar-refractivity contribution >= 4 is 34.4 Å². The van der Waals surface area contributed by atoms with Crippen LogP contribution in [0.15, 0.2) is 47.4 Å². The number of hydrogen-bond donors (Lipinski definition) is 1. The van der Waals surface area contributed by atoms with Crippen LogP contribution in [0.5, 0.6) is 0 Å². The fourth-order valence-corrected chi connectivity index (χ4v) is 3.07. The summed E-state index contributed by atoms with van der Waals surface area (Å²) >= 11 is 1.36. The maximum absolute atomic E-state index is 12.2. The van der Waals surface area contributed by atoms with Gasteiger partial charge in [-0.25, -0.2) is 0 Å². The normalized spacial score (nSPS) is 14.2. The standard InChI is InChI=1S/C21H24N2O3S/c1-14(2)21(4,13-22)23-20(25)15(3)26-19(24)12-27-18-10-9-16-7-5-6-8-17(16)11-18/h5-11,14-15H,12H2,1-4H3,(H,23,25)/t15-,21+/m1/s1. The molecule has 0 saturated heterocycles. The van der Waals surface area contributed by atoms with Crippen LogP contribution in [0, 0.1) is 17.2 Å². The van der Waals surface area contributed by atoms with E-state index in [1.807, 2.05) is 56.3 Å². The van der Waals surface area contributed by atoms with Crippen molar-refractivity contribution in [3.8, 4) is 6.07 Å². The van der Waals surface area contributed by atoms with Crippen LogP contribution < -0.4 is 5.32 Å². The first-order valence-corrected chi connectivity index (χ1v) is 9.78. The van der Waals surface area contributed by atoms with E-state index in [0.29, 0.717) is 0 Å². The highest BCUT2D eigenvalue weighted by atomic mass is 32.2. The lowest BCUT2D eigenvalue weighted by Gasteiger charge is -2.28. The van der Waals surface area contributed by atoms with Crippen molar-refractivity contribution in [2.24, 2.45) is 5.92 Å². The minimum Gasteiger partial charge on any atom is -0.452 e. The number of benzene rings is 2. The highest BCUT2D eigenvalue weighted by Crippen LogP contribution is 2.24. The number of nitrogens with one attached hydrogen (secondary N) is 1. The Morgan fingerprint density at radius 2 is 1.85 bits per heavy atom. The van der Waals surface area contributed by atoms with E-state index < -0.39 is 23.5 Å². The van der Waals surface area contributed by atoms with Crippen molar-refractivity contribution in [3.63, 3.8) is 0 Å². The zero-order valence-corrected chi connectivity index (χ0v) is 16.8. The number of hydrogen-bond acceptors (Lipinski definition) is 5. The average Bonchev–Trinajstić information content (AvgIpc) is 2.65. The van der Waals surface area contributed by atoms with Gasteiger partial charge in [-0.2, -0.15) is 5.26 Å². The van der Waals surface area contributed by atoms with E-state index in [0.717, 1.165) is 15.7 Å². The molecule has 0 aliphatic carbocycles. The lowest BCUT2D eigenvalue weighted by Crippen LogP contribution is -2.52. The number of nitriles is 1. The monoisotopic (exact) mass is 384 g/mol. The molecule has 2 aromatic rings. The fourth-order valence-electron chi connectivity index (χ4n) is 2.34. The second kappa shape index (κ2) is 8.92. The summed E-state index contributed by atoms with van der Waals surface area (Å²) < 4.78 is 5.21. The molecular weight excluding hydrogens is 360 g/mol. The van der Waals surface area contributed by atoms with Gasteiger partial charge in [0.05, 0.1) is 11.8 Å². The van der Waals surface area contributed by atoms with Gasteiger partial charge in [-0.1, -0.05) is 44.2 Å². The first-order chi connectivity index (χ1) is 12.7. The molecule has 0 aliphatic rings. The summed E-state index contributed by atoms with van der Waals surface area (Å²) in [6, 6.07) is 16.1. The van der Waals surface area contributed by atoms with Gasteiger partial charge >= 0.3 is 5.97 Å². The number of amides is 1. The van der Waals surface area contributed by atoms with Gasteiger partial charge in [-0.3, -0.25) is 9.59 Å². The van der Waals surface area contributed by atoms with Crippen molar-refractivity contribution in [1.29, 1.82) is 5.26 Å². The maximum atomic E-state index is 12.2. The van der Waals surface area contributed by atoms with Gasteiger partial charge in [0.15, 0.2) is 6.10 Å². The predicted molar refractivity (Wildman–Crippen MR) is 107 cm³/mol. The van der Waals surface area contributed by atoms with Crippen LogP contribution in [0.2, 0.25) is 0 Å². The minimum absolute atomic E-state index is 0.0715. The Kier molecular flexibility index (Phi) is 6.86. The van der Waals surface area contributed by atoms with Crippen LogP contribution in [-0.4, -0.2) is 29.3 Å². The van der Waals surface area contributed by atoms with E-state index in [1.165, 1.54) is 18.7 Å². The number of esters is 1. The Hall–Kier alpha value is -2.52. The molecule has 0 bridgehead atoms. The van der Waals surface area contributed by atoms with Crippen LogP contribution in [0.25, 0.3) is 10.8 Å². The quantitative estimate of drug-likeness (QED) is 0.578. The van der Waals surface area contributed by atoms with Gasteiger partial charge in [0, 0.05) is 4.90 Å². The van der Waals surface area contributed by atoms with Crippen LogP contribution in [0.3, 0.4) is 0 Å². The Morgan fingerprint density at radius 1 is 1.19 bits per heavy atom. The van der Waals surface area contributed by atoms with Crippen molar-refractivity contribution in [1.82, 2.24) is 5.32 Å². The van der Waals surface area contributed by atoms with E-state index in [1.54, 1.807) is 6.92 Å². The molecule has 27 heavy (non-hydrogen) atoms. The van der Waals surface area contributed by atoms with Gasteiger partial charge in [-0.15, -0.1) is 11.8 Å². The number of fused-ring (bicyclic) bond motifs is 1. The zero-order valence-electron chi connectivity index (χ0n) is 16.0. The summed E-state index contributed by atoms with van der Waals surface area (Å²) in [6.07, 6.45) is -0.957. The van der Waals surface area contributed by atoms with Crippen LogP contribution in [0.1, 0.15) is 27.7 Å². The highest BCUT2D eigenvalue weighted by molar-refractivity contribution is 8.00. The van der Waals surface area contributed by atoms with E-state index in [2.05, 4.69) is 11.4 Å². The van der Waals surface area contributed by atoms with E-state index in [-0.39, 0.29) is 11.7 Å². The third-order valence-corrected chi connectivity index (χ3v) is 5.49. The molecule has 0 radical (unpaired) electrons. The molecule has 2 atom stereocenters. The number of ether oxygens (including phenoxy) is 1. The van der Waals surface area contributed by atoms with Crippen LogP contribution in [0.4, 0.5) is 0 Å². The third kappa shape index (κ3) is 5.48. The van der Waals surface area contributed by atoms with Crippen LogP contribution in [-0.2, 0) is 14.3 Å². The molecule has 0 spiro atoms. The number of carbonyl (C=O) groups excluding carboxylic acids is 2. The molecule has 0 unspecified atom stereocenters. The minimum atomic E-state index is -1.00. The predicted octanol–water partition coefficient (Wildman–Crippen LogP) is 3.92. The summed E-state index contributed by atoms with van der Waals surface area (Å²) in [5.41, 5.74) is -1.00. The number of carbonyl (C=O) groups is 2. The zero-order chi connectivity index (χ0) is 20.0. The lowest BCUT2D eigenvalue weighted by molar-refractivity contribution is -0.152. The first-order valence-electron chi connectivity index (χ1n) is 8.79. The molecule has 6 heteroatoms. The lowest BCUT2D eigenvalue weighted by atomic mass is 9.90. The third-order valence-electron chi connectivity index (χ3n) is 4.52. The van der Waals surface area contributed by atoms with Crippen molar-refractivity contribution < 1.29 is 14.3 Å². The summed E-state index contributed by atoms with van der Waals surface area (Å²) in [7, 11) is 0. The summed E-state index contributed by atoms with van der Waals surface area (Å²) in [5.74, 6) is -0.913. The largest absolute Gasteiger partial charge is 0.452 e. The second-order valence-corrected chi connectivity index (χ2v) is 7.94. The maximum Gasteiger partial charge on any atom is 0.317 e. The fraction of sp³-hybridized carbons (Fsp3) is 0.381. The van der Waals surface area contributed by atoms with E-state index in [4.69, 9.17) is 4.74 Å². The molecule has 0 saturated carbocycles. The molecule has 2 aromatic carbocycles. The molecule has 142 valence electrons. The molecular formula is C21H24N2O3S. The molecule has 0 fully saturated rings. The summed E-state index contributed by atoms with van der Waals surface area (Å²) in [5, 5.41) is 14.2. The Morgan fingerprint density at radius 3 is 2.48 bits per heavy atom. The smallest absolute Gasteiger partial charge is 0.317 e. The van der Waals surface area contributed by atoms with Crippen molar-refractivity contribution in [2.75, 3.05) is 5.75 Å². The van der Waals surface area contributed by atoms with Gasteiger partial charge < -0.3 is 10.1 Å². The number of thioether (sulfide) groups is 1. The first kappa shape index (κ1) is 20.8. The topological polar surface area (TPSA) is 79.2 Å². The molecule has 0 aromatic heterocycles. The van der Waals surface area contributed by atoms with Gasteiger partial charge in [-0.05, 0) is 42.7 Å².